The number of rotatable bonds is 10. The molecule has 1 heterocycles. The Balaban J connectivity index is 1.69. The van der Waals surface area contributed by atoms with Crippen LogP contribution in [0.3, 0.4) is 0 Å². The molecule has 0 spiro atoms. The lowest BCUT2D eigenvalue weighted by Gasteiger charge is -2.22. The van der Waals surface area contributed by atoms with Gasteiger partial charge in [0.25, 0.3) is 0 Å². The fourth-order valence-corrected chi connectivity index (χ4v) is 4.87. The number of benzene rings is 2. The normalized spacial score (nSPS) is 11.6. The Bertz CT molecular complexity index is 1090. The quantitative estimate of drug-likeness (QED) is 0.327. The molecule has 2 aromatic carbocycles. The number of carbonyl (C=O) groups is 1. The van der Waals surface area contributed by atoms with Crippen molar-refractivity contribution in [2.24, 2.45) is 0 Å². The van der Waals surface area contributed by atoms with E-state index in [1.807, 2.05) is 0 Å². The van der Waals surface area contributed by atoms with Gasteiger partial charge in [0.1, 0.15) is 6.33 Å². The highest BCUT2D eigenvalue weighted by molar-refractivity contribution is 7.99. The summed E-state index contributed by atoms with van der Waals surface area (Å²) in [5.74, 6) is 0.145. The van der Waals surface area contributed by atoms with E-state index in [9.17, 15) is 13.2 Å². The number of amides is 1. The first-order valence-electron chi connectivity index (χ1n) is 9.09. The molecule has 0 bridgehead atoms. The lowest BCUT2D eigenvalue weighted by atomic mass is 10.2. The van der Waals surface area contributed by atoms with E-state index in [0.717, 1.165) is 4.31 Å². The molecule has 0 aliphatic rings. The van der Waals surface area contributed by atoms with Crippen LogP contribution in [-0.4, -0.2) is 52.7 Å². The number of halogens is 2. The van der Waals surface area contributed by atoms with Crippen molar-refractivity contribution in [2.45, 2.75) is 16.6 Å². The average Bonchev–Trinajstić information content (AvgIpc) is 3.26. The fourth-order valence-electron chi connectivity index (χ4n) is 2.59. The molecular weight excluding hydrogens is 481 g/mol. The van der Waals surface area contributed by atoms with Crippen LogP contribution >= 0.6 is 35.0 Å². The lowest BCUT2D eigenvalue weighted by Crippen LogP contribution is -2.40. The van der Waals surface area contributed by atoms with Crippen LogP contribution in [0.1, 0.15) is 5.56 Å². The van der Waals surface area contributed by atoms with E-state index in [4.69, 9.17) is 23.2 Å². The molecule has 0 fully saturated rings. The SMILES string of the molecule is O=C(CN(Cc1ccc(Cl)cc1)S(=O)(=O)c1ccc(Cl)cc1)NCCSc1ncn[nH]1. The Morgan fingerprint density at radius 2 is 1.71 bits per heavy atom. The summed E-state index contributed by atoms with van der Waals surface area (Å²) in [6.45, 7) is 0.0307. The lowest BCUT2D eigenvalue weighted by molar-refractivity contribution is -0.121. The van der Waals surface area contributed by atoms with Crippen LogP contribution in [0.5, 0.6) is 0 Å². The van der Waals surface area contributed by atoms with Gasteiger partial charge in [-0.1, -0.05) is 47.1 Å². The Morgan fingerprint density at radius 3 is 2.32 bits per heavy atom. The first-order chi connectivity index (χ1) is 14.8. The van der Waals surface area contributed by atoms with Gasteiger partial charge in [0.05, 0.1) is 11.4 Å². The maximum Gasteiger partial charge on any atom is 0.243 e. The Hall–Kier alpha value is -2.11. The van der Waals surface area contributed by atoms with E-state index in [1.165, 1.54) is 42.4 Å². The predicted molar refractivity (Wildman–Crippen MR) is 121 cm³/mol. The van der Waals surface area contributed by atoms with Crippen molar-refractivity contribution in [1.82, 2.24) is 24.8 Å². The van der Waals surface area contributed by atoms with Crippen molar-refractivity contribution in [1.29, 1.82) is 0 Å². The van der Waals surface area contributed by atoms with Gasteiger partial charge in [0.15, 0.2) is 5.16 Å². The van der Waals surface area contributed by atoms with Gasteiger partial charge < -0.3 is 5.32 Å². The van der Waals surface area contributed by atoms with Crippen LogP contribution in [0.15, 0.2) is 64.9 Å². The zero-order valence-electron chi connectivity index (χ0n) is 16.2. The van der Waals surface area contributed by atoms with Crippen molar-refractivity contribution < 1.29 is 13.2 Å². The van der Waals surface area contributed by atoms with E-state index in [2.05, 4.69) is 20.5 Å². The number of aromatic amines is 1. The molecule has 0 unspecified atom stereocenters. The highest BCUT2D eigenvalue weighted by Crippen LogP contribution is 2.21. The van der Waals surface area contributed by atoms with Crippen LogP contribution in [-0.2, 0) is 21.4 Å². The zero-order chi connectivity index (χ0) is 22.3. The summed E-state index contributed by atoms with van der Waals surface area (Å²) in [5.41, 5.74) is 0.704. The second-order valence-electron chi connectivity index (χ2n) is 6.34. The molecule has 0 aliphatic heterocycles. The zero-order valence-corrected chi connectivity index (χ0v) is 19.3. The highest BCUT2D eigenvalue weighted by Gasteiger charge is 2.27. The van der Waals surface area contributed by atoms with Gasteiger partial charge in [0, 0.05) is 28.9 Å². The number of hydrogen-bond acceptors (Lipinski definition) is 6. The van der Waals surface area contributed by atoms with Gasteiger partial charge in [-0.2, -0.15) is 9.40 Å². The van der Waals surface area contributed by atoms with Gasteiger partial charge in [-0.25, -0.2) is 13.4 Å². The van der Waals surface area contributed by atoms with E-state index in [0.29, 0.717) is 33.1 Å². The third-order valence-corrected chi connectivity index (χ3v) is 7.29. The molecule has 0 radical (unpaired) electrons. The second-order valence-corrected chi connectivity index (χ2v) is 10.2. The van der Waals surface area contributed by atoms with E-state index < -0.39 is 15.9 Å². The average molecular weight is 500 g/mol. The number of nitrogens with one attached hydrogen (secondary N) is 2. The predicted octanol–water partition coefficient (Wildman–Crippen LogP) is 3.21. The number of H-pyrrole nitrogens is 1. The maximum atomic E-state index is 13.2. The van der Waals surface area contributed by atoms with Crippen LogP contribution in [0.25, 0.3) is 0 Å². The standard InChI is InChI=1S/C19H19Cl2N5O3S2/c20-15-3-1-14(2-4-15)11-26(31(28,29)17-7-5-16(21)6-8-17)12-18(27)22-9-10-30-19-23-13-24-25-19/h1-8,13H,9-12H2,(H,22,27)(H,23,24,25). The highest BCUT2D eigenvalue weighted by atomic mass is 35.5. The largest absolute Gasteiger partial charge is 0.354 e. The summed E-state index contributed by atoms with van der Waals surface area (Å²) >= 11 is 13.2. The third kappa shape index (κ3) is 6.94. The van der Waals surface area contributed by atoms with E-state index in [-0.39, 0.29) is 18.0 Å². The van der Waals surface area contributed by atoms with Crippen LogP contribution in [0.2, 0.25) is 10.0 Å². The first-order valence-corrected chi connectivity index (χ1v) is 12.3. The summed E-state index contributed by atoms with van der Waals surface area (Å²) in [6, 6.07) is 12.6. The van der Waals surface area contributed by atoms with Crippen molar-refractivity contribution in [3.63, 3.8) is 0 Å². The number of thioether (sulfide) groups is 1. The van der Waals surface area contributed by atoms with Crippen LogP contribution in [0, 0.1) is 0 Å². The molecule has 164 valence electrons. The smallest absolute Gasteiger partial charge is 0.243 e. The topological polar surface area (TPSA) is 108 Å². The van der Waals surface area contributed by atoms with E-state index in [1.54, 1.807) is 24.3 Å². The Kier molecular flexibility index (Phi) is 8.33. The van der Waals surface area contributed by atoms with Crippen molar-refractivity contribution in [3.8, 4) is 0 Å². The molecule has 1 aromatic heterocycles. The summed E-state index contributed by atoms with van der Waals surface area (Å²) in [7, 11) is -3.93. The van der Waals surface area contributed by atoms with Crippen LogP contribution < -0.4 is 5.32 Å². The minimum Gasteiger partial charge on any atom is -0.354 e. The summed E-state index contributed by atoms with van der Waals surface area (Å²) < 4.78 is 27.5. The molecule has 0 saturated carbocycles. The van der Waals surface area contributed by atoms with Gasteiger partial charge in [-0.05, 0) is 42.0 Å². The molecule has 1 amide bonds. The number of carbonyl (C=O) groups excluding carboxylic acids is 1. The number of sulfonamides is 1. The number of hydrogen-bond donors (Lipinski definition) is 2. The Morgan fingerprint density at radius 1 is 1.06 bits per heavy atom. The molecule has 12 heteroatoms. The van der Waals surface area contributed by atoms with Gasteiger partial charge >= 0.3 is 0 Å². The van der Waals surface area contributed by atoms with E-state index >= 15 is 0 Å². The van der Waals surface area contributed by atoms with Crippen molar-refractivity contribution in [2.75, 3.05) is 18.8 Å². The first kappa shape index (κ1) is 23.6. The molecule has 2 N–H and O–H groups in total. The summed E-state index contributed by atoms with van der Waals surface area (Å²) in [6.07, 6.45) is 1.40. The molecular formula is C19H19Cl2N5O3S2. The maximum absolute atomic E-state index is 13.2. The van der Waals surface area contributed by atoms with Crippen molar-refractivity contribution in [3.05, 3.63) is 70.5 Å². The third-order valence-electron chi connectivity index (χ3n) is 4.10. The number of aromatic nitrogens is 3. The molecule has 31 heavy (non-hydrogen) atoms. The molecule has 8 nitrogen and oxygen atoms in total. The Labute approximate surface area is 194 Å². The fraction of sp³-hybridized carbons (Fsp3) is 0.211. The molecule has 0 aliphatic carbocycles. The van der Waals surface area contributed by atoms with Gasteiger partial charge in [-0.3, -0.25) is 9.89 Å². The monoisotopic (exact) mass is 499 g/mol. The molecule has 3 rings (SSSR count). The minimum absolute atomic E-state index is 0.0162. The number of nitrogens with zero attached hydrogens (tertiary/aromatic N) is 3. The van der Waals surface area contributed by atoms with Gasteiger partial charge in [-0.15, -0.1) is 0 Å². The summed E-state index contributed by atoms with van der Waals surface area (Å²) in [5, 5.41) is 10.8. The summed E-state index contributed by atoms with van der Waals surface area (Å²) in [4.78, 5) is 16.5. The molecule has 0 atom stereocenters. The second kappa shape index (κ2) is 11.0. The minimum atomic E-state index is -3.93. The molecule has 3 aromatic rings. The molecule has 0 saturated heterocycles. The van der Waals surface area contributed by atoms with Crippen LogP contribution in [0.4, 0.5) is 0 Å². The van der Waals surface area contributed by atoms with Gasteiger partial charge in [0.2, 0.25) is 15.9 Å². The van der Waals surface area contributed by atoms with Crippen molar-refractivity contribution >= 4 is 50.9 Å².